The summed E-state index contributed by atoms with van der Waals surface area (Å²) in [6.07, 6.45) is 0.00466. The van der Waals surface area contributed by atoms with Crippen LogP contribution in [0.15, 0.2) is 42.5 Å². The summed E-state index contributed by atoms with van der Waals surface area (Å²) in [5.41, 5.74) is 1.50. The van der Waals surface area contributed by atoms with Crippen molar-refractivity contribution in [3.05, 3.63) is 48.0 Å². The summed E-state index contributed by atoms with van der Waals surface area (Å²) < 4.78 is 36.6. The number of nitrogens with zero attached hydrogens (tertiary/aromatic N) is 3. The first-order valence-corrected chi connectivity index (χ1v) is 13.3. The number of rotatable bonds is 8. The zero-order valence-corrected chi connectivity index (χ0v) is 20.3. The fourth-order valence-corrected chi connectivity index (χ4v) is 6.31. The standard InChI is InChI=1S/C23H27N3O5S2/c1-30-18-8-9-19(31-2)22-21(18)24-23(32-22)26-13-11-25(12-14-26)20(27)10-15-33(28,29)16-17-6-4-3-5-7-17/h3-9H,10-16H2,1-2H3. The number of aromatic nitrogens is 1. The minimum Gasteiger partial charge on any atom is -0.495 e. The van der Waals surface area contributed by atoms with Crippen molar-refractivity contribution in [3.8, 4) is 11.5 Å². The van der Waals surface area contributed by atoms with Crippen LogP contribution in [-0.2, 0) is 20.4 Å². The van der Waals surface area contributed by atoms with Crippen LogP contribution in [0.25, 0.3) is 10.2 Å². The van der Waals surface area contributed by atoms with Gasteiger partial charge in [-0.2, -0.15) is 0 Å². The maximum atomic E-state index is 12.6. The SMILES string of the molecule is COc1ccc(OC)c2sc(N3CCN(C(=O)CCS(=O)(=O)Cc4ccccc4)CC3)nc12. The lowest BCUT2D eigenvalue weighted by atomic mass is 10.2. The molecule has 0 aliphatic carbocycles. The van der Waals surface area contributed by atoms with Gasteiger partial charge in [0.25, 0.3) is 0 Å². The van der Waals surface area contributed by atoms with Crippen molar-refractivity contribution in [1.82, 2.24) is 9.88 Å². The Balaban J connectivity index is 1.34. The molecule has 3 aromatic rings. The zero-order chi connectivity index (χ0) is 23.4. The molecule has 1 aromatic heterocycles. The molecule has 2 heterocycles. The van der Waals surface area contributed by atoms with E-state index in [1.165, 1.54) is 11.3 Å². The first kappa shape index (κ1) is 23.3. The van der Waals surface area contributed by atoms with Crippen molar-refractivity contribution in [1.29, 1.82) is 0 Å². The number of sulfone groups is 1. The number of anilines is 1. The molecular formula is C23H27N3O5S2. The summed E-state index contributed by atoms with van der Waals surface area (Å²) in [5, 5.41) is 0.852. The topological polar surface area (TPSA) is 89.0 Å². The number of fused-ring (bicyclic) bond motifs is 1. The summed E-state index contributed by atoms with van der Waals surface area (Å²) in [6, 6.07) is 12.7. The Morgan fingerprint density at radius 2 is 1.67 bits per heavy atom. The number of ether oxygens (including phenoxy) is 2. The third kappa shape index (κ3) is 5.39. The fraction of sp³-hybridized carbons (Fsp3) is 0.391. The van der Waals surface area contributed by atoms with Crippen LogP contribution in [0.4, 0.5) is 5.13 Å². The Kier molecular flexibility index (Phi) is 7.04. The van der Waals surface area contributed by atoms with Gasteiger partial charge in [0.05, 0.1) is 25.7 Å². The number of hydrogen-bond acceptors (Lipinski definition) is 8. The normalized spacial score (nSPS) is 14.5. The molecule has 1 fully saturated rings. The minimum atomic E-state index is -3.34. The Bertz CT molecular complexity index is 1180. The Labute approximate surface area is 197 Å². The molecule has 0 N–H and O–H groups in total. The second kappa shape index (κ2) is 9.96. The predicted molar refractivity (Wildman–Crippen MR) is 130 cm³/mol. The highest BCUT2D eigenvalue weighted by Crippen LogP contribution is 2.40. The minimum absolute atomic E-state index is 0.00466. The van der Waals surface area contributed by atoms with E-state index in [1.54, 1.807) is 31.3 Å². The molecule has 0 bridgehead atoms. The summed E-state index contributed by atoms with van der Waals surface area (Å²) in [4.78, 5) is 21.3. The number of amides is 1. The molecule has 1 amide bonds. The lowest BCUT2D eigenvalue weighted by molar-refractivity contribution is -0.131. The lowest BCUT2D eigenvalue weighted by Gasteiger charge is -2.34. The van der Waals surface area contributed by atoms with Crippen LogP contribution in [-0.4, -0.2) is 70.4 Å². The molecule has 176 valence electrons. The van der Waals surface area contributed by atoms with E-state index in [-0.39, 0.29) is 23.8 Å². The molecule has 1 saturated heterocycles. The molecule has 1 aliphatic heterocycles. The Morgan fingerprint density at radius 1 is 1.00 bits per heavy atom. The summed E-state index contributed by atoms with van der Waals surface area (Å²) in [5.74, 6) is 1.13. The third-order valence-corrected chi connectivity index (χ3v) is 8.39. The average Bonchev–Trinajstić information content (AvgIpc) is 3.28. The number of carbonyl (C=O) groups excluding carboxylic acids is 1. The molecule has 4 rings (SSSR count). The molecule has 10 heteroatoms. The second-order valence-corrected chi connectivity index (χ2v) is 11.0. The van der Waals surface area contributed by atoms with E-state index in [4.69, 9.17) is 14.5 Å². The van der Waals surface area contributed by atoms with Crippen molar-refractivity contribution in [3.63, 3.8) is 0 Å². The van der Waals surface area contributed by atoms with Gasteiger partial charge >= 0.3 is 0 Å². The van der Waals surface area contributed by atoms with Crippen LogP contribution >= 0.6 is 11.3 Å². The first-order valence-electron chi connectivity index (χ1n) is 10.7. The molecule has 2 aromatic carbocycles. The van der Waals surface area contributed by atoms with Crippen molar-refractivity contribution >= 4 is 42.4 Å². The molecule has 0 spiro atoms. The monoisotopic (exact) mass is 489 g/mol. The van der Waals surface area contributed by atoms with Crippen LogP contribution in [0.1, 0.15) is 12.0 Å². The largest absolute Gasteiger partial charge is 0.495 e. The fourth-order valence-electron chi connectivity index (χ4n) is 3.86. The summed E-state index contributed by atoms with van der Waals surface area (Å²) in [7, 11) is -0.0944. The van der Waals surface area contributed by atoms with Gasteiger partial charge in [0.2, 0.25) is 5.91 Å². The van der Waals surface area contributed by atoms with Gasteiger partial charge in [-0.15, -0.1) is 0 Å². The predicted octanol–water partition coefficient (Wildman–Crippen LogP) is 2.97. The average molecular weight is 490 g/mol. The van der Waals surface area contributed by atoms with E-state index in [0.717, 1.165) is 26.7 Å². The highest BCUT2D eigenvalue weighted by atomic mass is 32.2. The van der Waals surface area contributed by atoms with Gasteiger partial charge in [0, 0.05) is 32.6 Å². The van der Waals surface area contributed by atoms with Gasteiger partial charge in [-0.3, -0.25) is 4.79 Å². The quantitative estimate of drug-likeness (QED) is 0.481. The number of hydrogen-bond donors (Lipinski definition) is 0. The van der Waals surface area contributed by atoms with Gasteiger partial charge < -0.3 is 19.3 Å². The first-order chi connectivity index (χ1) is 15.9. The molecule has 1 aliphatic rings. The highest BCUT2D eigenvalue weighted by Gasteiger charge is 2.25. The van der Waals surface area contributed by atoms with Gasteiger partial charge in [-0.25, -0.2) is 13.4 Å². The molecule has 8 nitrogen and oxygen atoms in total. The van der Waals surface area contributed by atoms with Crippen LogP contribution in [0.2, 0.25) is 0 Å². The van der Waals surface area contributed by atoms with Crippen molar-refractivity contribution < 1.29 is 22.7 Å². The van der Waals surface area contributed by atoms with E-state index in [2.05, 4.69) is 4.90 Å². The second-order valence-electron chi connectivity index (χ2n) is 7.84. The lowest BCUT2D eigenvalue weighted by Crippen LogP contribution is -2.49. The van der Waals surface area contributed by atoms with Gasteiger partial charge in [-0.05, 0) is 17.7 Å². The van der Waals surface area contributed by atoms with E-state index in [1.807, 2.05) is 30.3 Å². The third-order valence-electron chi connectivity index (χ3n) is 5.66. The van der Waals surface area contributed by atoms with Crippen LogP contribution in [0.5, 0.6) is 11.5 Å². The highest BCUT2D eigenvalue weighted by molar-refractivity contribution is 7.90. The van der Waals surface area contributed by atoms with E-state index >= 15 is 0 Å². The van der Waals surface area contributed by atoms with Gasteiger partial charge in [0.15, 0.2) is 15.0 Å². The molecule has 33 heavy (non-hydrogen) atoms. The zero-order valence-electron chi connectivity index (χ0n) is 18.7. The van der Waals surface area contributed by atoms with Crippen LogP contribution in [0.3, 0.4) is 0 Å². The van der Waals surface area contributed by atoms with Crippen molar-refractivity contribution in [2.45, 2.75) is 12.2 Å². The van der Waals surface area contributed by atoms with E-state index in [0.29, 0.717) is 31.9 Å². The summed E-state index contributed by atoms with van der Waals surface area (Å²) >= 11 is 1.54. The van der Waals surface area contributed by atoms with Crippen LogP contribution in [0, 0.1) is 0 Å². The number of methoxy groups -OCH3 is 2. The molecule has 0 radical (unpaired) electrons. The van der Waals surface area contributed by atoms with E-state index < -0.39 is 9.84 Å². The Hall–Kier alpha value is -2.85. The van der Waals surface area contributed by atoms with Gasteiger partial charge in [0.1, 0.15) is 21.7 Å². The van der Waals surface area contributed by atoms with Crippen molar-refractivity contribution in [2.75, 3.05) is 51.1 Å². The number of piperazine rings is 1. The molecule has 0 saturated carbocycles. The molecule has 0 atom stereocenters. The number of thiazole rings is 1. The number of carbonyl (C=O) groups is 1. The molecular weight excluding hydrogens is 462 g/mol. The molecule has 0 unspecified atom stereocenters. The number of benzene rings is 2. The maximum absolute atomic E-state index is 12.6. The smallest absolute Gasteiger partial charge is 0.223 e. The maximum Gasteiger partial charge on any atom is 0.223 e. The van der Waals surface area contributed by atoms with E-state index in [9.17, 15) is 13.2 Å². The van der Waals surface area contributed by atoms with Gasteiger partial charge in [-0.1, -0.05) is 41.7 Å². The van der Waals surface area contributed by atoms with Crippen LogP contribution < -0.4 is 14.4 Å². The summed E-state index contributed by atoms with van der Waals surface area (Å²) in [6.45, 7) is 2.32. The van der Waals surface area contributed by atoms with Crippen molar-refractivity contribution in [2.24, 2.45) is 0 Å². The Morgan fingerprint density at radius 3 is 2.33 bits per heavy atom.